The molecule has 0 aromatic heterocycles. The Labute approximate surface area is 129 Å². The first kappa shape index (κ1) is 16.1. The smallest absolute Gasteiger partial charge is 0.220 e. The summed E-state index contributed by atoms with van der Waals surface area (Å²) in [6, 6.07) is 10.7. The van der Waals surface area contributed by atoms with Crippen molar-refractivity contribution in [1.29, 1.82) is 0 Å². The molecular weight excluding hydrogens is 258 g/mol. The summed E-state index contributed by atoms with van der Waals surface area (Å²) in [6.07, 6.45) is 1.53. The molecule has 1 amide bonds. The van der Waals surface area contributed by atoms with Gasteiger partial charge in [0, 0.05) is 17.9 Å². The first-order valence-electron chi connectivity index (χ1n) is 7.91. The van der Waals surface area contributed by atoms with E-state index in [1.807, 2.05) is 6.07 Å². The van der Waals surface area contributed by atoms with Crippen LogP contribution in [0.3, 0.4) is 0 Å². The molecule has 2 rings (SSSR count). The van der Waals surface area contributed by atoms with E-state index in [9.17, 15) is 4.79 Å². The number of nitrogens with one attached hydrogen (secondary N) is 1. The van der Waals surface area contributed by atoms with Crippen molar-refractivity contribution in [2.75, 3.05) is 0 Å². The minimum atomic E-state index is -0.0487. The van der Waals surface area contributed by atoms with Crippen LogP contribution in [0.25, 0.3) is 0 Å². The molecule has 1 fully saturated rings. The third-order valence-electron chi connectivity index (χ3n) is 5.33. The van der Waals surface area contributed by atoms with Crippen molar-refractivity contribution in [3.8, 4) is 0 Å². The first-order valence-corrected chi connectivity index (χ1v) is 7.91. The summed E-state index contributed by atoms with van der Waals surface area (Å²) >= 11 is 0. The molecule has 116 valence electrons. The lowest BCUT2D eigenvalue weighted by molar-refractivity contribution is -0.121. The normalized spacial score (nSPS) is 22.2. The Balaban J connectivity index is 2.44. The molecule has 0 aliphatic carbocycles. The van der Waals surface area contributed by atoms with Crippen molar-refractivity contribution >= 4 is 5.91 Å². The monoisotopic (exact) mass is 287 g/mol. The first-order chi connectivity index (χ1) is 9.58. The van der Waals surface area contributed by atoms with Gasteiger partial charge in [-0.1, -0.05) is 71.9 Å². The molecule has 1 aliphatic rings. The van der Waals surface area contributed by atoms with Gasteiger partial charge in [0.25, 0.3) is 0 Å². The second kappa shape index (κ2) is 5.15. The minimum absolute atomic E-state index is 0.0487. The van der Waals surface area contributed by atoms with Gasteiger partial charge in [0.15, 0.2) is 0 Å². The summed E-state index contributed by atoms with van der Waals surface area (Å²) in [5.74, 6) is 0.195. The molecule has 1 unspecified atom stereocenters. The third-order valence-corrected chi connectivity index (χ3v) is 5.33. The van der Waals surface area contributed by atoms with Gasteiger partial charge in [0.05, 0.1) is 0 Å². The highest BCUT2D eigenvalue weighted by Crippen LogP contribution is 2.58. The standard InChI is InChI=1S/C19H29NO/c1-17(2,3)19(18(4,5)6)13-16(21)20-15(19)12-14-10-8-7-9-11-14/h7-11,15H,12-13H2,1-6H3,(H,20,21). The molecular formula is C19H29NO. The van der Waals surface area contributed by atoms with Crippen LogP contribution in [0, 0.1) is 16.2 Å². The van der Waals surface area contributed by atoms with Crippen molar-refractivity contribution in [3.05, 3.63) is 35.9 Å². The molecule has 0 radical (unpaired) electrons. The maximum absolute atomic E-state index is 12.2. The number of carbonyl (C=O) groups excluding carboxylic acids is 1. The van der Waals surface area contributed by atoms with Gasteiger partial charge in [-0.15, -0.1) is 0 Å². The summed E-state index contributed by atoms with van der Waals surface area (Å²) in [6.45, 7) is 13.6. The molecule has 1 N–H and O–H groups in total. The molecule has 1 heterocycles. The Kier molecular flexibility index (Phi) is 3.94. The van der Waals surface area contributed by atoms with Crippen LogP contribution in [0.1, 0.15) is 53.5 Å². The zero-order valence-electron chi connectivity index (χ0n) is 14.3. The lowest BCUT2D eigenvalue weighted by atomic mass is 9.50. The van der Waals surface area contributed by atoms with E-state index in [0.29, 0.717) is 6.42 Å². The SMILES string of the molecule is CC(C)(C)C1(C(C)(C)C)CC(=O)NC1Cc1ccccc1. The quantitative estimate of drug-likeness (QED) is 0.868. The van der Waals surface area contributed by atoms with Crippen LogP contribution in [0.5, 0.6) is 0 Å². The van der Waals surface area contributed by atoms with Crippen molar-refractivity contribution in [3.63, 3.8) is 0 Å². The van der Waals surface area contributed by atoms with Crippen molar-refractivity contribution in [2.45, 2.75) is 60.4 Å². The van der Waals surface area contributed by atoms with Gasteiger partial charge in [-0.05, 0) is 22.8 Å². The summed E-state index contributed by atoms with van der Waals surface area (Å²) < 4.78 is 0. The van der Waals surface area contributed by atoms with Crippen LogP contribution >= 0.6 is 0 Å². The van der Waals surface area contributed by atoms with Gasteiger partial charge in [0.2, 0.25) is 5.91 Å². The van der Waals surface area contributed by atoms with E-state index < -0.39 is 0 Å². The summed E-state index contributed by atoms with van der Waals surface area (Å²) in [5.41, 5.74) is 1.36. The fraction of sp³-hybridized carbons (Fsp3) is 0.632. The number of benzene rings is 1. The lowest BCUT2D eigenvalue weighted by Crippen LogP contribution is -2.54. The fourth-order valence-corrected chi connectivity index (χ4v) is 4.52. The maximum Gasteiger partial charge on any atom is 0.220 e. The maximum atomic E-state index is 12.2. The predicted octanol–water partition coefficient (Wildman–Crippen LogP) is 4.20. The van der Waals surface area contributed by atoms with Crippen LogP contribution in [-0.4, -0.2) is 11.9 Å². The van der Waals surface area contributed by atoms with Gasteiger partial charge in [-0.2, -0.15) is 0 Å². The predicted molar refractivity (Wildman–Crippen MR) is 88.0 cm³/mol. The highest BCUT2D eigenvalue weighted by Gasteiger charge is 2.59. The molecule has 2 nitrogen and oxygen atoms in total. The molecule has 1 atom stereocenters. The molecule has 1 aromatic carbocycles. The van der Waals surface area contributed by atoms with Gasteiger partial charge in [-0.25, -0.2) is 0 Å². The zero-order valence-corrected chi connectivity index (χ0v) is 14.3. The highest BCUT2D eigenvalue weighted by atomic mass is 16.2. The number of hydrogen-bond acceptors (Lipinski definition) is 1. The zero-order chi connectivity index (χ0) is 15.9. The molecule has 0 spiro atoms. The van der Waals surface area contributed by atoms with E-state index in [1.165, 1.54) is 5.56 Å². The lowest BCUT2D eigenvalue weighted by Gasteiger charge is -2.54. The highest BCUT2D eigenvalue weighted by molar-refractivity contribution is 5.80. The third kappa shape index (κ3) is 2.73. The Morgan fingerprint density at radius 2 is 1.57 bits per heavy atom. The molecule has 21 heavy (non-hydrogen) atoms. The largest absolute Gasteiger partial charge is 0.352 e. The Bertz CT molecular complexity index is 491. The van der Waals surface area contributed by atoms with Gasteiger partial charge >= 0.3 is 0 Å². The van der Waals surface area contributed by atoms with E-state index in [0.717, 1.165) is 6.42 Å². The van der Waals surface area contributed by atoms with Gasteiger partial charge in [-0.3, -0.25) is 4.79 Å². The van der Waals surface area contributed by atoms with Gasteiger partial charge in [0.1, 0.15) is 0 Å². The van der Waals surface area contributed by atoms with E-state index in [4.69, 9.17) is 0 Å². The Hall–Kier alpha value is -1.31. The number of hydrogen-bond donors (Lipinski definition) is 1. The molecule has 1 aromatic rings. The molecule has 1 saturated heterocycles. The van der Waals surface area contributed by atoms with Crippen LogP contribution in [0.15, 0.2) is 30.3 Å². The summed E-state index contributed by atoms with van der Waals surface area (Å²) in [7, 11) is 0. The van der Waals surface area contributed by atoms with E-state index in [-0.39, 0.29) is 28.2 Å². The Morgan fingerprint density at radius 1 is 1.05 bits per heavy atom. The minimum Gasteiger partial charge on any atom is -0.352 e. The van der Waals surface area contributed by atoms with Crippen LogP contribution in [0.2, 0.25) is 0 Å². The number of rotatable bonds is 2. The molecule has 1 aliphatic heterocycles. The second-order valence-corrected chi connectivity index (χ2v) is 8.46. The Morgan fingerprint density at radius 3 is 2.05 bits per heavy atom. The van der Waals surface area contributed by atoms with E-state index in [1.54, 1.807) is 0 Å². The number of carbonyl (C=O) groups is 1. The van der Waals surface area contributed by atoms with Crippen LogP contribution in [0.4, 0.5) is 0 Å². The van der Waals surface area contributed by atoms with Crippen molar-refractivity contribution in [2.24, 2.45) is 16.2 Å². The van der Waals surface area contributed by atoms with Crippen molar-refractivity contribution < 1.29 is 4.79 Å². The number of amides is 1. The second-order valence-electron chi connectivity index (χ2n) is 8.46. The molecule has 0 saturated carbocycles. The summed E-state index contributed by atoms with van der Waals surface area (Å²) in [5, 5.41) is 3.27. The van der Waals surface area contributed by atoms with Gasteiger partial charge < -0.3 is 5.32 Å². The fourth-order valence-electron chi connectivity index (χ4n) is 4.52. The average Bonchev–Trinajstić information content (AvgIpc) is 2.67. The average molecular weight is 287 g/mol. The van der Waals surface area contributed by atoms with Crippen LogP contribution < -0.4 is 5.32 Å². The topological polar surface area (TPSA) is 29.1 Å². The van der Waals surface area contributed by atoms with E-state index in [2.05, 4.69) is 71.1 Å². The molecule has 2 heteroatoms. The molecule has 0 bridgehead atoms. The summed E-state index contributed by atoms with van der Waals surface area (Å²) in [4.78, 5) is 12.2. The van der Waals surface area contributed by atoms with Crippen LogP contribution in [-0.2, 0) is 11.2 Å². The van der Waals surface area contributed by atoms with Crippen molar-refractivity contribution in [1.82, 2.24) is 5.32 Å². The van der Waals surface area contributed by atoms with E-state index >= 15 is 0 Å².